The van der Waals surface area contributed by atoms with E-state index in [0.29, 0.717) is 5.56 Å². The third-order valence-corrected chi connectivity index (χ3v) is 3.40. The lowest BCUT2D eigenvalue weighted by Gasteiger charge is -2.17. The Bertz CT molecular complexity index is 776. The number of halogens is 5. The van der Waals surface area contributed by atoms with Gasteiger partial charge in [-0.3, -0.25) is 9.78 Å². The van der Waals surface area contributed by atoms with Gasteiger partial charge >= 0.3 is 18.0 Å². The first-order chi connectivity index (χ1) is 11.7. The number of H-pyrrole nitrogens is 1. The van der Waals surface area contributed by atoms with Crippen molar-refractivity contribution in [1.82, 2.24) is 14.8 Å². The molecule has 0 spiro atoms. The van der Waals surface area contributed by atoms with E-state index in [4.69, 9.17) is 11.6 Å². The molecule has 0 bridgehead atoms. The highest BCUT2D eigenvalue weighted by Gasteiger charge is 2.41. The fraction of sp³-hybridized carbons (Fsp3) is 0.357. The van der Waals surface area contributed by atoms with E-state index in [-0.39, 0.29) is 12.2 Å². The van der Waals surface area contributed by atoms with E-state index in [2.05, 4.69) is 14.8 Å². The van der Waals surface area contributed by atoms with Crippen molar-refractivity contribution in [1.29, 1.82) is 0 Å². The molecule has 1 aromatic carbocycles. The second kappa shape index (κ2) is 7.68. The number of hydrogen-bond acceptors (Lipinski definition) is 4. The summed E-state index contributed by atoms with van der Waals surface area (Å²) in [6, 6.07) is 4.46. The molecule has 1 aromatic heterocycles. The standard InChI is InChI=1S/C14H12ClF4N3O3/c15-11(23)5-10(22-13(24)20-7-21-22)8-1-3-9(4-2-8)25-6-14(18,19)12(16)17/h1-4,7,10,12H,5-6H2,(H,20,21,24). The van der Waals surface area contributed by atoms with E-state index in [0.717, 1.165) is 11.0 Å². The summed E-state index contributed by atoms with van der Waals surface area (Å²) in [5, 5.41) is 3.07. The van der Waals surface area contributed by atoms with Crippen LogP contribution in [0.25, 0.3) is 0 Å². The van der Waals surface area contributed by atoms with Crippen LogP contribution >= 0.6 is 11.6 Å². The summed E-state index contributed by atoms with van der Waals surface area (Å²) < 4.78 is 55.5. The highest BCUT2D eigenvalue weighted by Crippen LogP contribution is 2.26. The van der Waals surface area contributed by atoms with Gasteiger partial charge in [-0.2, -0.15) is 13.9 Å². The number of nitrogens with zero attached hydrogens (tertiary/aromatic N) is 2. The van der Waals surface area contributed by atoms with Gasteiger partial charge in [0.25, 0.3) is 0 Å². The minimum Gasteiger partial charge on any atom is -0.487 e. The molecule has 2 rings (SSSR count). The van der Waals surface area contributed by atoms with Crippen LogP contribution in [0.1, 0.15) is 18.0 Å². The Morgan fingerprint density at radius 3 is 2.44 bits per heavy atom. The normalized spacial score (nSPS) is 13.0. The van der Waals surface area contributed by atoms with Crippen LogP contribution in [0.3, 0.4) is 0 Å². The number of aromatic nitrogens is 3. The van der Waals surface area contributed by atoms with Gasteiger partial charge in [-0.25, -0.2) is 18.3 Å². The Labute approximate surface area is 143 Å². The van der Waals surface area contributed by atoms with E-state index < -0.39 is 35.9 Å². The van der Waals surface area contributed by atoms with Crippen LogP contribution < -0.4 is 10.4 Å². The van der Waals surface area contributed by atoms with Gasteiger partial charge in [-0.1, -0.05) is 12.1 Å². The molecule has 11 heteroatoms. The molecule has 2 aromatic rings. The Balaban J connectivity index is 2.17. The monoisotopic (exact) mass is 381 g/mol. The van der Waals surface area contributed by atoms with E-state index in [9.17, 15) is 27.2 Å². The summed E-state index contributed by atoms with van der Waals surface area (Å²) in [7, 11) is 0. The van der Waals surface area contributed by atoms with Crippen molar-refractivity contribution in [3.8, 4) is 5.75 Å². The van der Waals surface area contributed by atoms with Gasteiger partial charge in [-0.15, -0.1) is 0 Å². The Hall–Kier alpha value is -2.36. The van der Waals surface area contributed by atoms with Crippen molar-refractivity contribution in [2.24, 2.45) is 0 Å². The predicted molar refractivity (Wildman–Crippen MR) is 79.4 cm³/mol. The SMILES string of the molecule is O=C(Cl)CC(c1ccc(OCC(F)(F)C(F)F)cc1)n1nc[nH]c1=O. The van der Waals surface area contributed by atoms with Gasteiger partial charge in [0.1, 0.15) is 12.1 Å². The first-order valence-corrected chi connectivity index (χ1v) is 7.28. The van der Waals surface area contributed by atoms with Crippen LogP contribution in [0.4, 0.5) is 17.6 Å². The largest absolute Gasteiger partial charge is 0.487 e. The number of ether oxygens (including phenoxy) is 1. The van der Waals surface area contributed by atoms with E-state index in [1.165, 1.54) is 24.3 Å². The number of rotatable bonds is 8. The van der Waals surface area contributed by atoms with Gasteiger partial charge in [-0.05, 0) is 29.3 Å². The van der Waals surface area contributed by atoms with Crippen LogP contribution in [0.2, 0.25) is 0 Å². The Morgan fingerprint density at radius 2 is 1.96 bits per heavy atom. The van der Waals surface area contributed by atoms with Gasteiger partial charge in [0, 0.05) is 6.42 Å². The molecule has 0 radical (unpaired) electrons. The Kier molecular flexibility index (Phi) is 5.83. The quantitative estimate of drug-likeness (QED) is 0.563. The molecule has 0 amide bonds. The van der Waals surface area contributed by atoms with Crippen LogP contribution in [-0.4, -0.2) is 39.0 Å². The molecule has 1 unspecified atom stereocenters. The van der Waals surface area contributed by atoms with Gasteiger partial charge in [0.05, 0.1) is 6.04 Å². The first kappa shape index (κ1) is 19.0. The highest BCUT2D eigenvalue weighted by molar-refractivity contribution is 6.63. The summed E-state index contributed by atoms with van der Waals surface area (Å²) in [4.78, 5) is 25.2. The molecule has 0 aliphatic carbocycles. The fourth-order valence-corrected chi connectivity index (χ4v) is 2.16. The zero-order chi connectivity index (χ0) is 18.6. The summed E-state index contributed by atoms with van der Waals surface area (Å²) in [5.74, 6) is -4.34. The van der Waals surface area contributed by atoms with Crippen molar-refractivity contribution in [2.45, 2.75) is 24.8 Å². The predicted octanol–water partition coefficient (Wildman–Crippen LogP) is 2.60. The van der Waals surface area contributed by atoms with Crippen LogP contribution in [-0.2, 0) is 4.79 Å². The lowest BCUT2D eigenvalue weighted by molar-refractivity contribution is -0.148. The maximum absolute atomic E-state index is 12.8. The first-order valence-electron chi connectivity index (χ1n) is 6.90. The maximum atomic E-state index is 12.8. The molecular formula is C14H12ClF4N3O3. The summed E-state index contributed by atoms with van der Waals surface area (Å²) in [5.41, 5.74) is -0.143. The highest BCUT2D eigenvalue weighted by atomic mass is 35.5. The van der Waals surface area contributed by atoms with Crippen molar-refractivity contribution in [3.05, 3.63) is 46.6 Å². The molecule has 136 valence electrons. The second-order valence-electron chi connectivity index (χ2n) is 5.03. The number of benzene rings is 1. The molecular weight excluding hydrogens is 370 g/mol. The molecule has 6 nitrogen and oxygen atoms in total. The molecule has 0 saturated carbocycles. The number of hydrogen-bond donors (Lipinski definition) is 1. The van der Waals surface area contributed by atoms with Gasteiger partial charge in [0.2, 0.25) is 5.24 Å². The average Bonchev–Trinajstić information content (AvgIpc) is 2.97. The Morgan fingerprint density at radius 1 is 1.32 bits per heavy atom. The zero-order valence-electron chi connectivity index (χ0n) is 12.5. The zero-order valence-corrected chi connectivity index (χ0v) is 13.2. The number of alkyl halides is 4. The topological polar surface area (TPSA) is 77.0 Å². The van der Waals surface area contributed by atoms with Crippen LogP contribution in [0, 0.1) is 0 Å². The minimum atomic E-state index is -4.27. The van der Waals surface area contributed by atoms with Crippen molar-refractivity contribution in [3.63, 3.8) is 0 Å². The molecule has 1 atom stereocenters. The van der Waals surface area contributed by atoms with Crippen molar-refractivity contribution >= 4 is 16.8 Å². The number of carbonyl (C=O) groups is 1. The molecule has 0 fully saturated rings. The fourth-order valence-electron chi connectivity index (χ4n) is 2.01. The molecule has 25 heavy (non-hydrogen) atoms. The molecule has 0 saturated heterocycles. The summed E-state index contributed by atoms with van der Waals surface area (Å²) in [6.45, 7) is -1.48. The number of carbonyl (C=O) groups excluding carboxylic acids is 1. The van der Waals surface area contributed by atoms with E-state index in [1.54, 1.807) is 0 Å². The molecule has 1 heterocycles. The van der Waals surface area contributed by atoms with E-state index in [1.807, 2.05) is 0 Å². The maximum Gasteiger partial charge on any atom is 0.343 e. The molecule has 1 N–H and O–H groups in total. The lowest BCUT2D eigenvalue weighted by atomic mass is 10.0. The second-order valence-corrected chi connectivity index (χ2v) is 5.45. The molecule has 0 aliphatic rings. The lowest BCUT2D eigenvalue weighted by Crippen LogP contribution is -2.33. The molecule has 0 aliphatic heterocycles. The number of nitrogens with one attached hydrogen (secondary N) is 1. The average molecular weight is 382 g/mol. The van der Waals surface area contributed by atoms with Crippen LogP contribution in [0.15, 0.2) is 35.4 Å². The summed E-state index contributed by atoms with van der Waals surface area (Å²) in [6.07, 6.45) is -2.94. The summed E-state index contributed by atoms with van der Waals surface area (Å²) >= 11 is 5.38. The van der Waals surface area contributed by atoms with Crippen molar-refractivity contribution in [2.75, 3.05) is 6.61 Å². The van der Waals surface area contributed by atoms with Crippen LogP contribution in [0.5, 0.6) is 5.75 Å². The van der Waals surface area contributed by atoms with Crippen molar-refractivity contribution < 1.29 is 27.1 Å². The third-order valence-electron chi connectivity index (χ3n) is 3.24. The minimum absolute atomic E-state index is 0.0746. The van der Waals surface area contributed by atoms with Gasteiger partial charge < -0.3 is 4.74 Å². The van der Waals surface area contributed by atoms with Gasteiger partial charge in [0.15, 0.2) is 6.61 Å². The van der Waals surface area contributed by atoms with E-state index >= 15 is 0 Å². The smallest absolute Gasteiger partial charge is 0.343 e. The third kappa shape index (κ3) is 4.81. The number of aromatic amines is 1.